The first-order chi connectivity index (χ1) is 7.61. The Hall–Kier alpha value is -1.55. The number of rotatable bonds is 4. The number of aromatic amines is 1. The van der Waals surface area contributed by atoms with Gasteiger partial charge in [-0.15, -0.1) is 0 Å². The number of hydrogen-bond acceptors (Lipinski definition) is 3. The molecule has 0 saturated carbocycles. The van der Waals surface area contributed by atoms with Crippen LogP contribution in [0.1, 0.15) is 34.2 Å². The third-order valence-corrected chi connectivity index (χ3v) is 2.36. The molecule has 2 N–H and O–H groups in total. The monoisotopic (exact) mass is 223 g/mol. The van der Waals surface area contributed by atoms with Crippen LogP contribution in [0.2, 0.25) is 0 Å². The van der Waals surface area contributed by atoms with Crippen LogP contribution in [0.5, 0.6) is 0 Å². The third-order valence-electron chi connectivity index (χ3n) is 2.36. The Balaban J connectivity index is 3.06. The van der Waals surface area contributed by atoms with E-state index in [1.807, 2.05) is 13.8 Å². The predicted molar refractivity (Wildman–Crippen MR) is 62.3 cm³/mol. The number of hydrogen-bond donors (Lipinski definition) is 2. The first-order valence-corrected chi connectivity index (χ1v) is 5.25. The van der Waals surface area contributed by atoms with Gasteiger partial charge in [0.1, 0.15) is 5.69 Å². The van der Waals surface area contributed by atoms with E-state index in [9.17, 15) is 4.79 Å². The number of carbonyl (C=O) groups excluding carboxylic acids is 1. The summed E-state index contributed by atoms with van der Waals surface area (Å²) in [6, 6.07) is 0. The number of aliphatic hydroxyl groups is 1. The number of H-pyrrole nitrogens is 1. The molecule has 4 nitrogen and oxygen atoms in total. The van der Waals surface area contributed by atoms with Gasteiger partial charge in [-0.1, -0.05) is 12.2 Å². The van der Waals surface area contributed by atoms with Crippen LogP contribution in [0.25, 0.3) is 6.08 Å². The van der Waals surface area contributed by atoms with Crippen LogP contribution in [-0.2, 0) is 4.74 Å². The van der Waals surface area contributed by atoms with Crippen LogP contribution in [0.15, 0.2) is 6.08 Å². The predicted octanol–water partition coefficient (Wildman–Crippen LogP) is 1.81. The minimum absolute atomic E-state index is 0.0151. The molecule has 1 aromatic rings. The van der Waals surface area contributed by atoms with Crippen LogP contribution >= 0.6 is 0 Å². The largest absolute Gasteiger partial charge is 0.461 e. The van der Waals surface area contributed by atoms with Crippen molar-refractivity contribution in [1.82, 2.24) is 4.98 Å². The zero-order valence-electron chi connectivity index (χ0n) is 9.83. The number of carbonyl (C=O) groups is 1. The number of nitrogens with one attached hydrogen (secondary N) is 1. The van der Waals surface area contributed by atoms with Gasteiger partial charge in [-0.3, -0.25) is 0 Å². The normalized spacial score (nSPS) is 11.0. The number of aryl methyl sites for hydroxylation is 1. The van der Waals surface area contributed by atoms with E-state index in [0.717, 1.165) is 16.8 Å². The Morgan fingerprint density at radius 1 is 1.50 bits per heavy atom. The maximum Gasteiger partial charge on any atom is 0.355 e. The molecule has 0 aromatic carbocycles. The average Bonchev–Trinajstić information content (AvgIpc) is 2.53. The molecule has 0 aliphatic carbocycles. The molecule has 0 amide bonds. The highest BCUT2D eigenvalue weighted by molar-refractivity contribution is 5.90. The molecule has 0 atom stereocenters. The van der Waals surface area contributed by atoms with Gasteiger partial charge in [0, 0.05) is 5.69 Å². The lowest BCUT2D eigenvalue weighted by atomic mass is 10.1. The van der Waals surface area contributed by atoms with Crippen LogP contribution in [-0.4, -0.2) is 29.3 Å². The molecular formula is C12H17NO3. The Kier molecular flexibility index (Phi) is 4.31. The molecule has 0 radical (unpaired) electrons. The lowest BCUT2D eigenvalue weighted by molar-refractivity contribution is 0.0519. The molecule has 0 aliphatic rings. The summed E-state index contributed by atoms with van der Waals surface area (Å²) >= 11 is 0. The molecule has 1 aromatic heterocycles. The zero-order chi connectivity index (χ0) is 12.1. The van der Waals surface area contributed by atoms with E-state index in [-0.39, 0.29) is 12.6 Å². The highest BCUT2D eigenvalue weighted by Gasteiger charge is 2.16. The Morgan fingerprint density at radius 3 is 2.75 bits per heavy atom. The first-order valence-electron chi connectivity index (χ1n) is 5.25. The van der Waals surface area contributed by atoms with Crippen LogP contribution in [0.3, 0.4) is 0 Å². The van der Waals surface area contributed by atoms with Crippen LogP contribution < -0.4 is 0 Å². The second kappa shape index (κ2) is 5.51. The zero-order valence-corrected chi connectivity index (χ0v) is 9.83. The summed E-state index contributed by atoms with van der Waals surface area (Å²) in [7, 11) is 0. The van der Waals surface area contributed by atoms with Crippen molar-refractivity contribution < 1.29 is 14.6 Å². The van der Waals surface area contributed by atoms with Gasteiger partial charge < -0.3 is 14.8 Å². The van der Waals surface area contributed by atoms with Gasteiger partial charge >= 0.3 is 5.97 Å². The van der Waals surface area contributed by atoms with E-state index in [1.165, 1.54) is 0 Å². The molecule has 0 unspecified atom stereocenters. The third kappa shape index (κ3) is 2.52. The average molecular weight is 223 g/mol. The molecule has 0 bridgehead atoms. The smallest absolute Gasteiger partial charge is 0.355 e. The number of esters is 1. The number of ether oxygens (including phenoxy) is 1. The fourth-order valence-corrected chi connectivity index (χ4v) is 1.59. The molecule has 0 spiro atoms. The van der Waals surface area contributed by atoms with Gasteiger partial charge in [0.2, 0.25) is 0 Å². The standard InChI is InChI=1S/C12H17NO3/c1-4-16-12(15)11-8(2)10(6-5-7-14)9(3)13-11/h5-6,13-14H,4,7H2,1-3H3. The van der Waals surface area contributed by atoms with E-state index in [4.69, 9.17) is 9.84 Å². The molecule has 0 fully saturated rings. The van der Waals surface area contributed by atoms with E-state index in [2.05, 4.69) is 4.98 Å². The van der Waals surface area contributed by atoms with Crippen LogP contribution in [0, 0.1) is 13.8 Å². The Bertz CT molecular complexity index is 405. The minimum Gasteiger partial charge on any atom is -0.461 e. The molecule has 0 aliphatic heterocycles. The highest BCUT2D eigenvalue weighted by Crippen LogP contribution is 2.20. The van der Waals surface area contributed by atoms with Gasteiger partial charge in [-0.2, -0.15) is 0 Å². The lowest BCUT2D eigenvalue weighted by Crippen LogP contribution is -2.06. The summed E-state index contributed by atoms with van der Waals surface area (Å²) in [6.07, 6.45) is 3.43. The summed E-state index contributed by atoms with van der Waals surface area (Å²) < 4.78 is 4.94. The number of aliphatic hydroxyl groups excluding tert-OH is 1. The highest BCUT2D eigenvalue weighted by atomic mass is 16.5. The summed E-state index contributed by atoms with van der Waals surface area (Å²) in [5.41, 5.74) is 3.15. The summed E-state index contributed by atoms with van der Waals surface area (Å²) in [5, 5.41) is 8.72. The van der Waals surface area contributed by atoms with Gasteiger partial charge in [0.25, 0.3) is 0 Å². The Labute approximate surface area is 94.9 Å². The molecule has 1 heterocycles. The van der Waals surface area contributed by atoms with E-state index in [1.54, 1.807) is 19.1 Å². The fraction of sp³-hybridized carbons (Fsp3) is 0.417. The summed E-state index contributed by atoms with van der Waals surface area (Å²) in [5.74, 6) is -0.341. The van der Waals surface area contributed by atoms with Gasteiger partial charge in [-0.25, -0.2) is 4.79 Å². The fourth-order valence-electron chi connectivity index (χ4n) is 1.59. The van der Waals surface area contributed by atoms with E-state index >= 15 is 0 Å². The number of aromatic nitrogens is 1. The molecule has 16 heavy (non-hydrogen) atoms. The lowest BCUT2D eigenvalue weighted by Gasteiger charge is -2.00. The quantitative estimate of drug-likeness (QED) is 0.765. The molecule has 4 heteroatoms. The van der Waals surface area contributed by atoms with Gasteiger partial charge in [-0.05, 0) is 31.9 Å². The van der Waals surface area contributed by atoms with Crippen molar-refractivity contribution >= 4 is 12.0 Å². The minimum atomic E-state index is -0.341. The summed E-state index contributed by atoms with van der Waals surface area (Å²) in [6.45, 7) is 5.85. The molecule has 88 valence electrons. The van der Waals surface area contributed by atoms with Crippen molar-refractivity contribution in [2.75, 3.05) is 13.2 Å². The second-order valence-corrected chi connectivity index (χ2v) is 3.47. The Morgan fingerprint density at radius 2 is 2.19 bits per heavy atom. The van der Waals surface area contributed by atoms with Gasteiger partial charge in [0.15, 0.2) is 0 Å². The van der Waals surface area contributed by atoms with Crippen molar-refractivity contribution in [3.63, 3.8) is 0 Å². The maximum absolute atomic E-state index is 11.6. The molecular weight excluding hydrogens is 206 g/mol. The summed E-state index contributed by atoms with van der Waals surface area (Å²) in [4.78, 5) is 14.6. The van der Waals surface area contributed by atoms with Crippen molar-refractivity contribution in [2.45, 2.75) is 20.8 Å². The van der Waals surface area contributed by atoms with Crippen molar-refractivity contribution in [1.29, 1.82) is 0 Å². The molecule has 1 rings (SSSR count). The van der Waals surface area contributed by atoms with Crippen molar-refractivity contribution in [2.24, 2.45) is 0 Å². The van der Waals surface area contributed by atoms with Crippen LogP contribution in [0.4, 0.5) is 0 Å². The SMILES string of the molecule is CCOC(=O)c1[nH]c(C)c(C=CCO)c1C. The van der Waals surface area contributed by atoms with E-state index in [0.29, 0.717) is 12.3 Å². The topological polar surface area (TPSA) is 62.3 Å². The molecule has 0 saturated heterocycles. The van der Waals surface area contributed by atoms with Crippen molar-refractivity contribution in [3.8, 4) is 0 Å². The maximum atomic E-state index is 11.6. The van der Waals surface area contributed by atoms with Gasteiger partial charge in [0.05, 0.1) is 13.2 Å². The second-order valence-electron chi connectivity index (χ2n) is 3.47. The van der Waals surface area contributed by atoms with Crippen molar-refractivity contribution in [3.05, 3.63) is 28.6 Å². The first kappa shape index (κ1) is 12.5. The van der Waals surface area contributed by atoms with E-state index < -0.39 is 0 Å².